The van der Waals surface area contributed by atoms with Crippen LogP contribution in [0.25, 0.3) is 0 Å². The topological polar surface area (TPSA) is 55.4 Å². The molecule has 0 radical (unpaired) electrons. The molecule has 0 aliphatic heterocycles. The summed E-state index contributed by atoms with van der Waals surface area (Å²) >= 11 is 0. The zero-order chi connectivity index (χ0) is 7.98. The van der Waals surface area contributed by atoms with Crippen molar-refractivity contribution in [3.8, 4) is 0 Å². The summed E-state index contributed by atoms with van der Waals surface area (Å²) in [5.41, 5.74) is 0.313. The molecule has 0 aliphatic carbocycles. The van der Waals surface area contributed by atoms with Gasteiger partial charge in [-0.3, -0.25) is 4.79 Å². The zero-order valence-electron chi connectivity index (χ0n) is 5.72. The van der Waals surface area contributed by atoms with Crippen molar-refractivity contribution >= 4 is 12.4 Å². The number of hydrogen-bond acceptors (Lipinski definition) is 3. The summed E-state index contributed by atoms with van der Waals surface area (Å²) in [5, 5.41) is 2.17. The molecule has 10 heavy (non-hydrogen) atoms. The maximum atomic E-state index is 10.5. The molecule has 4 heteroatoms. The highest BCUT2D eigenvalue weighted by Crippen LogP contribution is 1.89. The third-order valence-corrected chi connectivity index (χ3v) is 0.718. The smallest absolute Gasteiger partial charge is 0.334 e. The van der Waals surface area contributed by atoms with Crippen molar-refractivity contribution < 1.29 is 14.3 Å². The van der Waals surface area contributed by atoms with Gasteiger partial charge in [-0.1, -0.05) is 6.58 Å². The number of carbonyl (C=O) groups excluding carboxylic acids is 2. The quantitative estimate of drug-likeness (QED) is 0.195. The van der Waals surface area contributed by atoms with E-state index in [1.165, 1.54) is 6.92 Å². The molecule has 0 aromatic heterocycles. The Morgan fingerprint density at radius 1 is 1.80 bits per heavy atom. The second-order valence-electron chi connectivity index (χ2n) is 1.68. The Balaban J connectivity index is 3.40. The number of hydrogen-bond donors (Lipinski definition) is 1. The van der Waals surface area contributed by atoms with Crippen molar-refractivity contribution in [1.29, 1.82) is 0 Å². The minimum atomic E-state index is -0.505. The lowest BCUT2D eigenvalue weighted by atomic mass is 10.4. The molecule has 0 aromatic rings. The Hall–Kier alpha value is -1.32. The molecule has 0 unspecified atom stereocenters. The summed E-state index contributed by atoms with van der Waals surface area (Å²) in [5.74, 6) is -0.505. The zero-order valence-corrected chi connectivity index (χ0v) is 5.72. The molecule has 0 spiro atoms. The van der Waals surface area contributed by atoms with Crippen LogP contribution in [0.2, 0.25) is 0 Å². The third kappa shape index (κ3) is 3.65. The van der Waals surface area contributed by atoms with Gasteiger partial charge in [0.05, 0.1) is 0 Å². The van der Waals surface area contributed by atoms with Crippen LogP contribution in [0.3, 0.4) is 0 Å². The van der Waals surface area contributed by atoms with Crippen LogP contribution in [-0.4, -0.2) is 19.1 Å². The molecule has 0 saturated carbocycles. The first kappa shape index (κ1) is 8.68. The SMILES string of the molecule is C=C(C)C(=O)OCNC=O. The Morgan fingerprint density at radius 2 is 2.40 bits per heavy atom. The van der Waals surface area contributed by atoms with Crippen LogP contribution in [0.1, 0.15) is 6.92 Å². The summed E-state index contributed by atoms with van der Waals surface area (Å²) in [6.45, 7) is 4.77. The largest absolute Gasteiger partial charge is 0.441 e. The van der Waals surface area contributed by atoms with E-state index in [1.54, 1.807) is 0 Å². The molecule has 0 aliphatic rings. The predicted octanol–water partition coefficient (Wildman–Crippen LogP) is -0.191. The van der Waals surface area contributed by atoms with Crippen LogP contribution >= 0.6 is 0 Å². The Labute approximate surface area is 58.9 Å². The average Bonchev–Trinajstić information content (AvgIpc) is 1.88. The number of rotatable bonds is 4. The van der Waals surface area contributed by atoms with E-state index in [1.807, 2.05) is 0 Å². The van der Waals surface area contributed by atoms with Crippen LogP contribution in [0.15, 0.2) is 12.2 Å². The molecule has 56 valence electrons. The standard InChI is InChI=1S/C6H9NO3/c1-5(2)6(9)10-4-7-3-8/h3H,1,4H2,2H3,(H,7,8). The van der Waals surface area contributed by atoms with Gasteiger partial charge in [0, 0.05) is 5.57 Å². The van der Waals surface area contributed by atoms with E-state index < -0.39 is 5.97 Å². The van der Waals surface area contributed by atoms with E-state index in [2.05, 4.69) is 16.6 Å². The predicted molar refractivity (Wildman–Crippen MR) is 35.0 cm³/mol. The lowest BCUT2D eigenvalue weighted by Crippen LogP contribution is -2.19. The molecule has 0 rings (SSSR count). The molecule has 0 heterocycles. The fourth-order valence-electron chi connectivity index (χ4n) is 0.264. The molecule has 1 N–H and O–H groups in total. The molecular formula is C6H9NO3. The number of ether oxygens (including phenoxy) is 1. The van der Waals surface area contributed by atoms with E-state index >= 15 is 0 Å². The van der Waals surface area contributed by atoms with Gasteiger partial charge in [-0.15, -0.1) is 0 Å². The van der Waals surface area contributed by atoms with E-state index in [-0.39, 0.29) is 6.73 Å². The van der Waals surface area contributed by atoms with Crippen molar-refractivity contribution in [2.24, 2.45) is 0 Å². The van der Waals surface area contributed by atoms with E-state index in [0.717, 1.165) is 0 Å². The van der Waals surface area contributed by atoms with E-state index in [4.69, 9.17) is 0 Å². The molecule has 0 fully saturated rings. The van der Waals surface area contributed by atoms with Gasteiger partial charge in [0.1, 0.15) is 0 Å². The first-order valence-electron chi connectivity index (χ1n) is 2.68. The molecule has 0 atom stereocenters. The van der Waals surface area contributed by atoms with Crippen LogP contribution < -0.4 is 5.32 Å². The maximum absolute atomic E-state index is 10.5. The van der Waals surface area contributed by atoms with Gasteiger partial charge in [0.2, 0.25) is 6.41 Å². The molecule has 4 nitrogen and oxygen atoms in total. The summed E-state index contributed by atoms with van der Waals surface area (Å²) < 4.78 is 4.46. The van der Waals surface area contributed by atoms with Gasteiger partial charge in [0.25, 0.3) is 0 Å². The second-order valence-corrected chi connectivity index (χ2v) is 1.68. The van der Waals surface area contributed by atoms with E-state index in [0.29, 0.717) is 12.0 Å². The molecule has 1 amide bonds. The minimum Gasteiger partial charge on any atom is -0.441 e. The number of nitrogens with one attached hydrogen (secondary N) is 1. The summed E-state index contributed by atoms with van der Waals surface area (Å²) in [7, 11) is 0. The molecule has 0 aromatic carbocycles. The second kappa shape index (κ2) is 4.55. The summed E-state index contributed by atoms with van der Waals surface area (Å²) in [4.78, 5) is 20.2. The minimum absolute atomic E-state index is 0.102. The van der Waals surface area contributed by atoms with Gasteiger partial charge in [-0.2, -0.15) is 0 Å². The lowest BCUT2D eigenvalue weighted by Gasteiger charge is -2.00. The monoisotopic (exact) mass is 143 g/mol. The van der Waals surface area contributed by atoms with Gasteiger partial charge >= 0.3 is 5.97 Å². The highest BCUT2D eigenvalue weighted by molar-refractivity contribution is 5.86. The molecular weight excluding hydrogens is 134 g/mol. The van der Waals surface area contributed by atoms with Crippen LogP contribution in [0, 0.1) is 0 Å². The Kier molecular flexibility index (Phi) is 3.95. The van der Waals surface area contributed by atoms with Crippen molar-refractivity contribution in [2.75, 3.05) is 6.73 Å². The molecule has 0 bridgehead atoms. The van der Waals surface area contributed by atoms with Crippen molar-refractivity contribution in [1.82, 2.24) is 5.32 Å². The first-order chi connectivity index (χ1) is 4.68. The van der Waals surface area contributed by atoms with Gasteiger partial charge in [-0.25, -0.2) is 4.79 Å². The number of amides is 1. The third-order valence-electron chi connectivity index (χ3n) is 0.718. The molecule has 0 saturated heterocycles. The summed E-state index contributed by atoms with van der Waals surface area (Å²) in [6.07, 6.45) is 0.450. The van der Waals surface area contributed by atoms with Crippen LogP contribution in [0.5, 0.6) is 0 Å². The normalized spacial score (nSPS) is 8.10. The van der Waals surface area contributed by atoms with Gasteiger partial charge in [0.15, 0.2) is 6.73 Å². The number of carbonyl (C=O) groups is 2. The summed E-state index contributed by atoms with van der Waals surface area (Å²) in [6, 6.07) is 0. The maximum Gasteiger partial charge on any atom is 0.334 e. The lowest BCUT2D eigenvalue weighted by molar-refractivity contribution is -0.140. The van der Waals surface area contributed by atoms with Crippen molar-refractivity contribution in [3.63, 3.8) is 0 Å². The Bertz CT molecular complexity index is 153. The van der Waals surface area contributed by atoms with Gasteiger partial charge in [-0.05, 0) is 6.92 Å². The fourth-order valence-corrected chi connectivity index (χ4v) is 0.264. The van der Waals surface area contributed by atoms with Crippen LogP contribution in [-0.2, 0) is 14.3 Å². The van der Waals surface area contributed by atoms with Crippen LogP contribution in [0.4, 0.5) is 0 Å². The highest BCUT2D eigenvalue weighted by atomic mass is 16.5. The fraction of sp³-hybridized carbons (Fsp3) is 0.333. The highest BCUT2D eigenvalue weighted by Gasteiger charge is 1.99. The van der Waals surface area contributed by atoms with Gasteiger partial charge < -0.3 is 10.1 Å². The number of esters is 1. The van der Waals surface area contributed by atoms with Crippen molar-refractivity contribution in [2.45, 2.75) is 6.92 Å². The average molecular weight is 143 g/mol. The Morgan fingerprint density at radius 3 is 2.80 bits per heavy atom. The van der Waals surface area contributed by atoms with Crippen molar-refractivity contribution in [3.05, 3.63) is 12.2 Å². The van der Waals surface area contributed by atoms with E-state index in [9.17, 15) is 9.59 Å². The first-order valence-corrected chi connectivity index (χ1v) is 2.68.